The largest absolute Gasteiger partial charge is 0.0880 e. The molecule has 0 aromatic rings. The van der Waals surface area contributed by atoms with Crippen molar-refractivity contribution in [3.8, 4) is 0 Å². The van der Waals surface area contributed by atoms with Crippen molar-refractivity contribution < 1.29 is 0 Å². The summed E-state index contributed by atoms with van der Waals surface area (Å²) >= 11 is 0. The Morgan fingerprint density at radius 1 is 0.714 bits per heavy atom. The Kier molecular flexibility index (Phi) is 12.0. The molecule has 0 fully saturated rings. The summed E-state index contributed by atoms with van der Waals surface area (Å²) in [5, 5.41) is 0. The van der Waals surface area contributed by atoms with E-state index in [0.717, 1.165) is 18.3 Å². The molecule has 0 saturated carbocycles. The second-order valence-corrected chi connectivity index (χ2v) is 4.44. The molecule has 0 aliphatic rings. The Bertz CT molecular complexity index is 131. The van der Waals surface area contributed by atoms with Gasteiger partial charge >= 0.3 is 0 Å². The summed E-state index contributed by atoms with van der Waals surface area (Å²) in [4.78, 5) is 0. The van der Waals surface area contributed by atoms with Crippen molar-refractivity contribution >= 4 is 0 Å². The molecule has 0 aliphatic heterocycles. The van der Waals surface area contributed by atoms with E-state index in [1.54, 1.807) is 0 Å². The standard InChI is InChI=1S/C13H24.CH4/c1-12(2)10-8-6-5-7-9-11-13(3)4;/h6-9,12-13H,5,10-11H2,1-4H3;1H4/b8-6-,9-7-;. The van der Waals surface area contributed by atoms with Gasteiger partial charge in [0.2, 0.25) is 0 Å². The average Bonchev–Trinajstić information content (AvgIpc) is 2.01. The van der Waals surface area contributed by atoms with Gasteiger partial charge in [0, 0.05) is 0 Å². The maximum Gasteiger partial charge on any atom is -0.0169 e. The van der Waals surface area contributed by atoms with Gasteiger partial charge in [-0.1, -0.05) is 59.4 Å². The summed E-state index contributed by atoms with van der Waals surface area (Å²) in [6.07, 6.45) is 12.6. The second-order valence-electron chi connectivity index (χ2n) is 4.44. The number of rotatable bonds is 6. The monoisotopic (exact) mass is 196 g/mol. The Balaban J connectivity index is 0. The summed E-state index contributed by atoms with van der Waals surface area (Å²) in [5.41, 5.74) is 0. The molecule has 0 heteroatoms. The van der Waals surface area contributed by atoms with E-state index in [1.165, 1.54) is 12.8 Å². The fourth-order valence-electron chi connectivity index (χ4n) is 1.01. The van der Waals surface area contributed by atoms with Crippen LogP contribution in [0.1, 0.15) is 54.4 Å². The fraction of sp³-hybridized carbons (Fsp3) is 0.714. The lowest BCUT2D eigenvalue weighted by atomic mass is 10.1. The van der Waals surface area contributed by atoms with Crippen molar-refractivity contribution in [3.05, 3.63) is 24.3 Å². The van der Waals surface area contributed by atoms with Crippen LogP contribution in [0.2, 0.25) is 0 Å². The van der Waals surface area contributed by atoms with E-state index in [0.29, 0.717) is 0 Å². The minimum absolute atomic E-state index is 0. The molecule has 0 heterocycles. The van der Waals surface area contributed by atoms with E-state index in [2.05, 4.69) is 52.0 Å². The van der Waals surface area contributed by atoms with Crippen molar-refractivity contribution in [2.24, 2.45) is 11.8 Å². The highest BCUT2D eigenvalue weighted by molar-refractivity contribution is 4.93. The molecule has 0 N–H and O–H groups in total. The molecule has 0 amide bonds. The maximum atomic E-state index is 2.28. The molecule has 0 saturated heterocycles. The molecule has 0 aromatic carbocycles. The first kappa shape index (κ1) is 15.9. The number of hydrogen-bond acceptors (Lipinski definition) is 0. The molecule has 0 radical (unpaired) electrons. The summed E-state index contributed by atoms with van der Waals surface area (Å²) < 4.78 is 0. The summed E-state index contributed by atoms with van der Waals surface area (Å²) in [5.74, 6) is 1.58. The predicted molar refractivity (Wildman–Crippen MR) is 68.5 cm³/mol. The van der Waals surface area contributed by atoms with Gasteiger partial charge in [-0.05, 0) is 31.1 Å². The van der Waals surface area contributed by atoms with E-state index in [4.69, 9.17) is 0 Å². The molecular formula is C14H28. The van der Waals surface area contributed by atoms with Gasteiger partial charge in [-0.2, -0.15) is 0 Å². The third-order valence-corrected chi connectivity index (χ3v) is 1.82. The van der Waals surface area contributed by atoms with Gasteiger partial charge in [-0.15, -0.1) is 0 Å². The van der Waals surface area contributed by atoms with Crippen molar-refractivity contribution in [3.63, 3.8) is 0 Å². The normalized spacial score (nSPS) is 11.9. The fourth-order valence-corrected chi connectivity index (χ4v) is 1.01. The summed E-state index contributed by atoms with van der Waals surface area (Å²) in [7, 11) is 0. The van der Waals surface area contributed by atoms with Crippen molar-refractivity contribution in [2.75, 3.05) is 0 Å². The summed E-state index contributed by atoms with van der Waals surface area (Å²) in [6, 6.07) is 0. The average molecular weight is 196 g/mol. The van der Waals surface area contributed by atoms with E-state index >= 15 is 0 Å². The SMILES string of the molecule is C.CC(C)C/C=C\C/C=C\CC(C)C. The zero-order chi connectivity index (χ0) is 10.1. The third-order valence-electron chi connectivity index (χ3n) is 1.82. The maximum absolute atomic E-state index is 2.28. The van der Waals surface area contributed by atoms with Crippen molar-refractivity contribution in [1.29, 1.82) is 0 Å². The van der Waals surface area contributed by atoms with Crippen molar-refractivity contribution in [1.82, 2.24) is 0 Å². The van der Waals surface area contributed by atoms with Crippen LogP contribution in [0.15, 0.2) is 24.3 Å². The molecule has 0 spiro atoms. The Hall–Kier alpha value is -0.520. The van der Waals surface area contributed by atoms with Gasteiger partial charge in [-0.25, -0.2) is 0 Å². The molecule has 0 unspecified atom stereocenters. The van der Waals surface area contributed by atoms with Crippen LogP contribution in [0.5, 0.6) is 0 Å². The van der Waals surface area contributed by atoms with Crippen LogP contribution >= 0.6 is 0 Å². The van der Waals surface area contributed by atoms with Crippen LogP contribution in [0, 0.1) is 11.8 Å². The van der Waals surface area contributed by atoms with E-state index in [1.807, 2.05) is 0 Å². The highest BCUT2D eigenvalue weighted by atomic mass is 13.9. The van der Waals surface area contributed by atoms with Gasteiger partial charge in [0.25, 0.3) is 0 Å². The van der Waals surface area contributed by atoms with Gasteiger partial charge < -0.3 is 0 Å². The molecule has 0 aliphatic carbocycles. The molecule has 0 rings (SSSR count). The highest BCUT2D eigenvalue weighted by Crippen LogP contribution is 2.02. The number of hydrogen-bond donors (Lipinski definition) is 0. The van der Waals surface area contributed by atoms with E-state index < -0.39 is 0 Å². The zero-order valence-electron chi connectivity index (χ0n) is 9.59. The quantitative estimate of drug-likeness (QED) is 0.511. The van der Waals surface area contributed by atoms with Crippen LogP contribution in [0.25, 0.3) is 0 Å². The minimum Gasteiger partial charge on any atom is -0.0880 e. The third kappa shape index (κ3) is 14.0. The highest BCUT2D eigenvalue weighted by Gasteiger charge is 1.87. The zero-order valence-corrected chi connectivity index (χ0v) is 9.59. The molecular weight excluding hydrogens is 168 g/mol. The lowest BCUT2D eigenvalue weighted by molar-refractivity contribution is 0.661. The first-order valence-corrected chi connectivity index (χ1v) is 5.43. The minimum atomic E-state index is 0. The molecule has 0 aromatic heterocycles. The lowest BCUT2D eigenvalue weighted by Gasteiger charge is -1.96. The van der Waals surface area contributed by atoms with E-state index in [-0.39, 0.29) is 7.43 Å². The molecule has 0 atom stereocenters. The van der Waals surface area contributed by atoms with Gasteiger partial charge in [0.05, 0.1) is 0 Å². The Morgan fingerprint density at radius 2 is 1.07 bits per heavy atom. The van der Waals surface area contributed by atoms with Gasteiger partial charge in [0.1, 0.15) is 0 Å². The predicted octanol–water partition coefficient (Wildman–Crippen LogP) is 5.22. The van der Waals surface area contributed by atoms with Gasteiger partial charge in [0.15, 0.2) is 0 Å². The Labute approximate surface area is 91.1 Å². The number of allylic oxidation sites excluding steroid dienone is 4. The van der Waals surface area contributed by atoms with Gasteiger partial charge in [-0.3, -0.25) is 0 Å². The Morgan fingerprint density at radius 3 is 1.36 bits per heavy atom. The topological polar surface area (TPSA) is 0 Å². The van der Waals surface area contributed by atoms with Crippen LogP contribution < -0.4 is 0 Å². The molecule has 0 nitrogen and oxygen atoms in total. The van der Waals surface area contributed by atoms with E-state index in [9.17, 15) is 0 Å². The van der Waals surface area contributed by atoms with Crippen molar-refractivity contribution in [2.45, 2.75) is 54.4 Å². The summed E-state index contributed by atoms with van der Waals surface area (Å²) in [6.45, 7) is 9.00. The molecule has 84 valence electrons. The smallest absolute Gasteiger partial charge is 0.0169 e. The first-order valence-electron chi connectivity index (χ1n) is 5.43. The van der Waals surface area contributed by atoms with Crippen LogP contribution in [-0.2, 0) is 0 Å². The van der Waals surface area contributed by atoms with Crippen LogP contribution in [0.3, 0.4) is 0 Å². The molecule has 0 bridgehead atoms. The first-order chi connectivity index (χ1) is 6.13. The molecule has 14 heavy (non-hydrogen) atoms. The van der Waals surface area contributed by atoms with Crippen LogP contribution in [-0.4, -0.2) is 0 Å². The van der Waals surface area contributed by atoms with Crippen LogP contribution in [0.4, 0.5) is 0 Å². The second kappa shape index (κ2) is 10.6. The lowest BCUT2D eigenvalue weighted by Crippen LogP contribution is -1.81.